The molecule has 0 bridgehead atoms. The van der Waals surface area contributed by atoms with Crippen molar-refractivity contribution < 1.29 is 13.2 Å². The summed E-state index contributed by atoms with van der Waals surface area (Å²) in [6.07, 6.45) is 2.82. The third-order valence-corrected chi connectivity index (χ3v) is 7.78. The molecule has 0 atom stereocenters. The van der Waals surface area contributed by atoms with Crippen LogP contribution in [-0.2, 0) is 14.6 Å². The van der Waals surface area contributed by atoms with Gasteiger partial charge in [-0.25, -0.2) is 18.4 Å². The number of carbonyl (C=O) groups is 1. The predicted molar refractivity (Wildman–Crippen MR) is 110 cm³/mol. The summed E-state index contributed by atoms with van der Waals surface area (Å²) in [6, 6.07) is 0. The number of nitrogens with zero attached hydrogens (tertiary/aromatic N) is 4. The Balaban J connectivity index is 1.54. The summed E-state index contributed by atoms with van der Waals surface area (Å²) >= 11 is 3.12. The van der Waals surface area contributed by atoms with Crippen molar-refractivity contribution in [1.29, 1.82) is 0 Å². The normalized spacial score (nSPS) is 16.2. The van der Waals surface area contributed by atoms with Gasteiger partial charge in [0.1, 0.15) is 26.0 Å². The van der Waals surface area contributed by atoms with E-state index < -0.39 is 9.84 Å². The molecular weight excluding hydrogens is 404 g/mol. The lowest BCUT2D eigenvalue weighted by Gasteiger charge is -2.34. The monoisotopic (exact) mass is 428 g/mol. The first-order valence-corrected chi connectivity index (χ1v) is 12.6. The fourth-order valence-corrected chi connectivity index (χ4v) is 5.61. The molecule has 1 fully saturated rings. The van der Waals surface area contributed by atoms with Crippen LogP contribution >= 0.6 is 23.1 Å². The third-order valence-electron chi connectivity index (χ3n) is 4.77. The molecule has 0 aliphatic carbocycles. The number of piperazine rings is 1. The number of amides is 1. The van der Waals surface area contributed by atoms with Crippen molar-refractivity contribution in [3.05, 3.63) is 16.8 Å². The maximum atomic E-state index is 12.6. The Bertz CT molecular complexity index is 934. The van der Waals surface area contributed by atoms with Gasteiger partial charge in [-0.2, -0.15) is 0 Å². The number of fused-ring (bicyclic) bond motifs is 1. The molecule has 2 aromatic rings. The Kier molecular flexibility index (Phi) is 6.39. The van der Waals surface area contributed by atoms with Crippen LogP contribution in [0, 0.1) is 13.8 Å². The van der Waals surface area contributed by atoms with Crippen molar-refractivity contribution >= 4 is 49.1 Å². The molecule has 0 N–H and O–H groups in total. The molecule has 1 saturated heterocycles. The molecule has 10 heteroatoms. The minimum atomic E-state index is -2.95. The highest BCUT2D eigenvalue weighted by Crippen LogP contribution is 2.34. The van der Waals surface area contributed by atoms with Crippen LogP contribution in [0.2, 0.25) is 0 Å². The smallest absolute Gasteiger partial charge is 0.233 e. The van der Waals surface area contributed by atoms with Gasteiger partial charge in [-0.05, 0) is 19.4 Å². The zero-order chi connectivity index (χ0) is 19.6. The van der Waals surface area contributed by atoms with Crippen LogP contribution in [0.5, 0.6) is 0 Å². The quantitative estimate of drug-likeness (QED) is 0.510. The van der Waals surface area contributed by atoms with Crippen LogP contribution in [0.15, 0.2) is 11.4 Å². The summed E-state index contributed by atoms with van der Waals surface area (Å²) in [5.74, 6) is 0.614. The molecule has 1 aliphatic rings. The van der Waals surface area contributed by atoms with Crippen molar-refractivity contribution in [3.63, 3.8) is 0 Å². The number of sulfone groups is 1. The third kappa shape index (κ3) is 5.18. The lowest BCUT2D eigenvalue weighted by molar-refractivity contribution is -0.130. The van der Waals surface area contributed by atoms with E-state index in [4.69, 9.17) is 0 Å². The zero-order valence-electron chi connectivity index (χ0n) is 15.8. The fourth-order valence-electron chi connectivity index (χ4n) is 3.00. The highest BCUT2D eigenvalue weighted by molar-refractivity contribution is 8.00. The van der Waals surface area contributed by atoms with Crippen molar-refractivity contribution in [2.75, 3.05) is 50.5 Å². The first-order valence-electron chi connectivity index (χ1n) is 8.76. The number of hydrogen-bond acceptors (Lipinski definition) is 8. The Morgan fingerprint density at radius 2 is 1.93 bits per heavy atom. The Morgan fingerprint density at radius 3 is 2.59 bits per heavy atom. The van der Waals surface area contributed by atoms with Crippen molar-refractivity contribution in [2.45, 2.75) is 18.9 Å². The molecule has 7 nitrogen and oxygen atoms in total. The maximum absolute atomic E-state index is 12.6. The minimum Gasteiger partial charge on any atom is -0.339 e. The van der Waals surface area contributed by atoms with Crippen LogP contribution in [0.3, 0.4) is 0 Å². The van der Waals surface area contributed by atoms with Gasteiger partial charge in [0.15, 0.2) is 0 Å². The number of carbonyl (C=O) groups excluding carboxylic acids is 1. The highest BCUT2D eigenvalue weighted by Gasteiger charge is 2.22. The summed E-state index contributed by atoms with van der Waals surface area (Å²) in [4.78, 5) is 27.4. The van der Waals surface area contributed by atoms with Crippen LogP contribution in [0.4, 0.5) is 0 Å². The Morgan fingerprint density at radius 1 is 1.22 bits per heavy atom. The molecule has 1 amide bonds. The molecular formula is C17H24N4O3S3. The average molecular weight is 429 g/mol. The van der Waals surface area contributed by atoms with Crippen molar-refractivity contribution in [2.24, 2.45) is 0 Å². The van der Waals surface area contributed by atoms with E-state index in [9.17, 15) is 13.2 Å². The van der Waals surface area contributed by atoms with E-state index in [2.05, 4.69) is 28.7 Å². The summed E-state index contributed by atoms with van der Waals surface area (Å²) in [5.41, 5.74) is 1.19. The minimum absolute atomic E-state index is 0.0964. The summed E-state index contributed by atoms with van der Waals surface area (Å²) in [5, 5.41) is 1.92. The molecule has 0 aromatic carbocycles. The molecule has 3 heterocycles. The van der Waals surface area contributed by atoms with Crippen LogP contribution in [0.1, 0.15) is 10.4 Å². The van der Waals surface area contributed by atoms with Gasteiger partial charge >= 0.3 is 0 Å². The standard InChI is InChI=1S/C17H24N4O3S3/c1-12-13(2)26-17-15(12)16(18-11-19-17)25-10-14(22)21-6-4-20(5-7-21)8-9-27(3,23)24/h11H,4-10H2,1-3H3. The zero-order valence-corrected chi connectivity index (χ0v) is 18.2. The molecule has 0 unspecified atom stereocenters. The Labute approximate surface area is 168 Å². The lowest BCUT2D eigenvalue weighted by Crippen LogP contribution is -2.50. The summed E-state index contributed by atoms with van der Waals surface area (Å²) in [6.45, 7) is 7.38. The van der Waals surface area contributed by atoms with E-state index in [0.29, 0.717) is 38.5 Å². The van der Waals surface area contributed by atoms with Gasteiger partial charge in [0.05, 0.1) is 11.5 Å². The summed E-state index contributed by atoms with van der Waals surface area (Å²) < 4.78 is 22.6. The van der Waals surface area contributed by atoms with Gasteiger partial charge in [-0.3, -0.25) is 9.69 Å². The van der Waals surface area contributed by atoms with Crippen molar-refractivity contribution in [1.82, 2.24) is 19.8 Å². The number of rotatable bonds is 6. The second-order valence-corrected chi connectivity index (χ2v) is 11.2. The lowest BCUT2D eigenvalue weighted by atomic mass is 10.2. The molecule has 0 spiro atoms. The first-order chi connectivity index (χ1) is 12.7. The van der Waals surface area contributed by atoms with Gasteiger partial charge in [-0.15, -0.1) is 11.3 Å². The van der Waals surface area contributed by atoms with Crippen LogP contribution in [-0.4, -0.2) is 84.6 Å². The Hall–Kier alpha value is -1.23. The van der Waals surface area contributed by atoms with Gasteiger partial charge in [0, 0.05) is 49.2 Å². The summed E-state index contributed by atoms with van der Waals surface area (Å²) in [7, 11) is -2.95. The predicted octanol–water partition coefficient (Wildman–Crippen LogP) is 1.59. The number of hydrogen-bond donors (Lipinski definition) is 0. The molecule has 3 rings (SSSR count). The van der Waals surface area contributed by atoms with Gasteiger partial charge in [-0.1, -0.05) is 11.8 Å². The van der Waals surface area contributed by atoms with Gasteiger partial charge < -0.3 is 4.90 Å². The molecule has 0 radical (unpaired) electrons. The van der Waals surface area contributed by atoms with E-state index in [-0.39, 0.29) is 11.7 Å². The average Bonchev–Trinajstić information content (AvgIpc) is 2.92. The van der Waals surface area contributed by atoms with E-state index in [0.717, 1.165) is 15.2 Å². The molecule has 2 aromatic heterocycles. The van der Waals surface area contributed by atoms with Crippen molar-refractivity contribution in [3.8, 4) is 0 Å². The number of thiophene rings is 1. The fraction of sp³-hybridized carbons (Fsp3) is 0.588. The molecule has 1 aliphatic heterocycles. The maximum Gasteiger partial charge on any atom is 0.233 e. The second-order valence-electron chi connectivity index (χ2n) is 6.78. The molecule has 0 saturated carbocycles. The van der Waals surface area contributed by atoms with E-state index in [1.807, 2.05) is 4.90 Å². The number of aromatic nitrogens is 2. The first kappa shape index (κ1) is 20.5. The second kappa shape index (κ2) is 8.42. The number of aryl methyl sites for hydroxylation is 2. The van der Waals surface area contributed by atoms with Crippen LogP contribution < -0.4 is 0 Å². The highest BCUT2D eigenvalue weighted by atomic mass is 32.2. The van der Waals surface area contributed by atoms with Gasteiger partial charge in [0.2, 0.25) is 5.91 Å². The SMILES string of the molecule is Cc1sc2ncnc(SCC(=O)N3CCN(CCS(C)(=O)=O)CC3)c2c1C. The molecule has 27 heavy (non-hydrogen) atoms. The number of thioether (sulfide) groups is 1. The van der Waals surface area contributed by atoms with Gasteiger partial charge in [0.25, 0.3) is 0 Å². The van der Waals surface area contributed by atoms with Crippen LogP contribution in [0.25, 0.3) is 10.2 Å². The topological polar surface area (TPSA) is 83.5 Å². The molecule has 148 valence electrons. The van der Waals surface area contributed by atoms with E-state index >= 15 is 0 Å². The van der Waals surface area contributed by atoms with E-state index in [1.54, 1.807) is 17.7 Å². The van der Waals surface area contributed by atoms with E-state index in [1.165, 1.54) is 28.5 Å². The largest absolute Gasteiger partial charge is 0.339 e.